The largest absolute Gasteiger partial charge is 0.378 e. The average Bonchev–Trinajstić information content (AvgIpc) is 2.75. The minimum Gasteiger partial charge on any atom is -0.378 e. The van der Waals surface area contributed by atoms with Crippen LogP contribution < -0.4 is 5.32 Å². The Labute approximate surface area is 106 Å². The first kappa shape index (κ1) is 13.3. The predicted molar refractivity (Wildman–Crippen MR) is 71.3 cm³/mol. The van der Waals surface area contributed by atoms with E-state index in [1.165, 1.54) is 51.9 Å². The van der Waals surface area contributed by atoms with Gasteiger partial charge in [-0.15, -0.1) is 0 Å². The van der Waals surface area contributed by atoms with Crippen LogP contribution in [0.25, 0.3) is 0 Å². The van der Waals surface area contributed by atoms with E-state index in [0.717, 1.165) is 12.5 Å². The monoisotopic (exact) mass is 240 g/mol. The van der Waals surface area contributed by atoms with E-state index in [0.29, 0.717) is 12.1 Å². The predicted octanol–water partition coefficient (Wildman–Crippen LogP) is 1.88. The van der Waals surface area contributed by atoms with Crippen LogP contribution in [0.2, 0.25) is 0 Å². The summed E-state index contributed by atoms with van der Waals surface area (Å²) < 4.78 is 5.79. The second-order valence-corrected chi connectivity index (χ2v) is 5.66. The van der Waals surface area contributed by atoms with Gasteiger partial charge in [0.15, 0.2) is 0 Å². The maximum Gasteiger partial charge on any atom is 0.0613 e. The van der Waals surface area contributed by atoms with Crippen molar-refractivity contribution in [2.75, 3.05) is 32.8 Å². The summed E-state index contributed by atoms with van der Waals surface area (Å²) in [4.78, 5) is 2.67. The van der Waals surface area contributed by atoms with Crippen LogP contribution in [-0.2, 0) is 4.74 Å². The van der Waals surface area contributed by atoms with Gasteiger partial charge in [0, 0.05) is 19.2 Å². The molecule has 0 aromatic rings. The molecular weight excluding hydrogens is 212 g/mol. The molecule has 2 rings (SSSR count). The normalized spacial score (nSPS) is 36.7. The Morgan fingerprint density at radius 3 is 3.00 bits per heavy atom. The summed E-state index contributed by atoms with van der Waals surface area (Å²) >= 11 is 0. The van der Waals surface area contributed by atoms with E-state index in [2.05, 4.69) is 24.1 Å². The molecule has 2 saturated heterocycles. The van der Waals surface area contributed by atoms with Crippen molar-refractivity contribution in [2.24, 2.45) is 5.92 Å². The maximum absolute atomic E-state index is 5.79. The van der Waals surface area contributed by atoms with Gasteiger partial charge in [0.05, 0.1) is 6.10 Å². The van der Waals surface area contributed by atoms with Gasteiger partial charge in [-0.2, -0.15) is 0 Å². The van der Waals surface area contributed by atoms with E-state index in [-0.39, 0.29) is 0 Å². The van der Waals surface area contributed by atoms with Crippen LogP contribution in [0.5, 0.6) is 0 Å². The topological polar surface area (TPSA) is 24.5 Å². The van der Waals surface area contributed by atoms with Crippen LogP contribution in [-0.4, -0.2) is 49.8 Å². The minimum absolute atomic E-state index is 0.524. The summed E-state index contributed by atoms with van der Waals surface area (Å²) in [7, 11) is 0. The van der Waals surface area contributed by atoms with Gasteiger partial charge in [-0.25, -0.2) is 0 Å². The molecule has 3 nitrogen and oxygen atoms in total. The number of ether oxygens (including phenoxy) is 1. The molecule has 3 atom stereocenters. The van der Waals surface area contributed by atoms with E-state index >= 15 is 0 Å². The Hall–Kier alpha value is -0.120. The zero-order chi connectivity index (χ0) is 12.1. The molecule has 100 valence electrons. The molecule has 0 amide bonds. The lowest BCUT2D eigenvalue weighted by Gasteiger charge is -2.30. The second-order valence-electron chi connectivity index (χ2n) is 5.66. The molecule has 2 aliphatic rings. The third-order valence-corrected chi connectivity index (χ3v) is 4.26. The summed E-state index contributed by atoms with van der Waals surface area (Å²) in [6.07, 6.45) is 5.54. The van der Waals surface area contributed by atoms with Crippen molar-refractivity contribution < 1.29 is 4.74 Å². The van der Waals surface area contributed by atoms with E-state index in [1.54, 1.807) is 0 Å². The molecular formula is C14H28N2O. The zero-order valence-electron chi connectivity index (χ0n) is 11.5. The van der Waals surface area contributed by atoms with Crippen LogP contribution in [0, 0.1) is 5.92 Å². The van der Waals surface area contributed by atoms with Crippen molar-refractivity contribution in [2.45, 2.75) is 51.7 Å². The highest BCUT2D eigenvalue weighted by molar-refractivity contribution is 4.80. The standard InChI is InChI=1S/C14H28N2O/c1-3-14-13(6-10-17-14)11-16-8-4-7-15-12(2)5-9-16/h12-15H,3-11H2,1-2H3. The van der Waals surface area contributed by atoms with Crippen LogP contribution in [0.4, 0.5) is 0 Å². The van der Waals surface area contributed by atoms with Crippen molar-refractivity contribution in [3.05, 3.63) is 0 Å². The van der Waals surface area contributed by atoms with E-state index in [4.69, 9.17) is 4.74 Å². The minimum atomic E-state index is 0.524. The highest BCUT2D eigenvalue weighted by Crippen LogP contribution is 2.24. The van der Waals surface area contributed by atoms with Gasteiger partial charge in [0.1, 0.15) is 0 Å². The van der Waals surface area contributed by atoms with Gasteiger partial charge in [-0.3, -0.25) is 0 Å². The molecule has 3 heteroatoms. The summed E-state index contributed by atoms with van der Waals surface area (Å²) in [6, 6.07) is 0.680. The van der Waals surface area contributed by atoms with Crippen LogP contribution in [0.3, 0.4) is 0 Å². The smallest absolute Gasteiger partial charge is 0.0613 e. The number of nitrogens with zero attached hydrogens (tertiary/aromatic N) is 1. The fourth-order valence-corrected chi connectivity index (χ4v) is 3.11. The third-order valence-electron chi connectivity index (χ3n) is 4.26. The Bertz CT molecular complexity index is 222. The highest BCUT2D eigenvalue weighted by Gasteiger charge is 2.28. The quantitative estimate of drug-likeness (QED) is 0.815. The SMILES string of the molecule is CCC1OCCC1CN1CCCNC(C)CC1. The molecule has 0 spiro atoms. The van der Waals surface area contributed by atoms with Crippen LogP contribution in [0.15, 0.2) is 0 Å². The molecule has 0 bridgehead atoms. The molecule has 0 aromatic carbocycles. The van der Waals surface area contributed by atoms with E-state index in [9.17, 15) is 0 Å². The molecule has 17 heavy (non-hydrogen) atoms. The number of hydrogen-bond donors (Lipinski definition) is 1. The average molecular weight is 240 g/mol. The lowest BCUT2D eigenvalue weighted by atomic mass is 9.98. The number of rotatable bonds is 3. The second kappa shape index (κ2) is 6.72. The molecule has 0 saturated carbocycles. The Morgan fingerprint density at radius 2 is 2.18 bits per heavy atom. The third kappa shape index (κ3) is 3.94. The summed E-state index contributed by atoms with van der Waals surface area (Å²) in [5.74, 6) is 0.780. The van der Waals surface area contributed by atoms with Gasteiger partial charge >= 0.3 is 0 Å². The molecule has 1 N–H and O–H groups in total. The Morgan fingerprint density at radius 1 is 1.29 bits per heavy atom. The van der Waals surface area contributed by atoms with Crippen molar-refractivity contribution in [1.82, 2.24) is 10.2 Å². The fraction of sp³-hybridized carbons (Fsp3) is 1.00. The van der Waals surface area contributed by atoms with Gasteiger partial charge in [0.2, 0.25) is 0 Å². The van der Waals surface area contributed by atoms with E-state index < -0.39 is 0 Å². The molecule has 0 aromatic heterocycles. The highest BCUT2D eigenvalue weighted by atomic mass is 16.5. The van der Waals surface area contributed by atoms with Crippen molar-refractivity contribution >= 4 is 0 Å². The first-order chi connectivity index (χ1) is 8.29. The lowest BCUT2D eigenvalue weighted by molar-refractivity contribution is 0.0739. The summed E-state index contributed by atoms with van der Waals surface area (Å²) in [6.45, 7) is 10.5. The van der Waals surface area contributed by atoms with Crippen molar-refractivity contribution in [3.63, 3.8) is 0 Å². The number of nitrogens with one attached hydrogen (secondary N) is 1. The molecule has 2 heterocycles. The zero-order valence-corrected chi connectivity index (χ0v) is 11.5. The summed E-state index contributed by atoms with van der Waals surface area (Å²) in [5.41, 5.74) is 0. The fourth-order valence-electron chi connectivity index (χ4n) is 3.11. The molecule has 3 unspecified atom stereocenters. The maximum atomic E-state index is 5.79. The van der Waals surface area contributed by atoms with Crippen LogP contribution in [0.1, 0.15) is 39.5 Å². The van der Waals surface area contributed by atoms with Crippen molar-refractivity contribution in [1.29, 1.82) is 0 Å². The first-order valence-corrected chi connectivity index (χ1v) is 7.37. The lowest BCUT2D eigenvalue weighted by Crippen LogP contribution is -2.41. The van der Waals surface area contributed by atoms with E-state index in [1.807, 2.05) is 0 Å². The molecule has 2 aliphatic heterocycles. The number of hydrogen-bond acceptors (Lipinski definition) is 3. The van der Waals surface area contributed by atoms with Gasteiger partial charge in [-0.1, -0.05) is 6.92 Å². The Kier molecular flexibility index (Phi) is 5.26. The summed E-state index contributed by atoms with van der Waals surface area (Å²) in [5, 5.41) is 3.57. The van der Waals surface area contributed by atoms with Gasteiger partial charge in [0.25, 0.3) is 0 Å². The molecule has 0 aliphatic carbocycles. The Balaban J connectivity index is 1.79. The van der Waals surface area contributed by atoms with Gasteiger partial charge < -0.3 is 15.0 Å². The van der Waals surface area contributed by atoms with Gasteiger partial charge in [-0.05, 0) is 58.2 Å². The molecule has 0 radical (unpaired) electrons. The van der Waals surface area contributed by atoms with Crippen LogP contribution >= 0.6 is 0 Å². The first-order valence-electron chi connectivity index (χ1n) is 7.37. The van der Waals surface area contributed by atoms with Crippen molar-refractivity contribution in [3.8, 4) is 0 Å². The molecule has 2 fully saturated rings.